The number of aryl methyl sites for hydroxylation is 1. The van der Waals surface area contributed by atoms with E-state index in [1.54, 1.807) is 53.8 Å². The van der Waals surface area contributed by atoms with Gasteiger partial charge in [0, 0.05) is 24.3 Å². The van der Waals surface area contributed by atoms with E-state index >= 15 is 0 Å². The number of aromatic nitrogens is 1. The first-order valence-corrected chi connectivity index (χ1v) is 11.2. The van der Waals surface area contributed by atoms with Crippen molar-refractivity contribution in [3.8, 4) is 0 Å². The van der Waals surface area contributed by atoms with Crippen molar-refractivity contribution in [2.24, 2.45) is 0 Å². The number of halogens is 1. The van der Waals surface area contributed by atoms with Crippen LogP contribution in [0.1, 0.15) is 41.3 Å². The van der Waals surface area contributed by atoms with Crippen LogP contribution >= 0.6 is 11.6 Å². The molecule has 9 heteroatoms. The van der Waals surface area contributed by atoms with Gasteiger partial charge < -0.3 is 23.8 Å². The Morgan fingerprint density at radius 2 is 2.00 bits per heavy atom. The first-order chi connectivity index (χ1) is 16.2. The highest BCUT2D eigenvalue weighted by Gasteiger charge is 2.32. The Balaban J connectivity index is 1.59. The summed E-state index contributed by atoms with van der Waals surface area (Å²) in [6.45, 7) is 4.49. The van der Waals surface area contributed by atoms with Gasteiger partial charge in [0.2, 0.25) is 11.1 Å². The van der Waals surface area contributed by atoms with E-state index in [0.717, 1.165) is 5.56 Å². The molecule has 0 spiro atoms. The number of nitrogens with one attached hydrogen (secondary N) is 1. The van der Waals surface area contributed by atoms with E-state index in [2.05, 4.69) is 5.32 Å². The summed E-state index contributed by atoms with van der Waals surface area (Å²) in [4.78, 5) is 27.6. The topological polar surface area (TPSA) is 101 Å². The lowest BCUT2D eigenvalue weighted by Gasteiger charge is -2.31. The second kappa shape index (κ2) is 9.50. The average molecular weight is 484 g/mol. The first-order valence-electron chi connectivity index (χ1n) is 10.9. The number of aliphatic hydroxyl groups is 1. The molecule has 1 unspecified atom stereocenters. The largest absolute Gasteiger partial charge is 0.465 e. The number of hydrogen-bond donors (Lipinski definition) is 2. The summed E-state index contributed by atoms with van der Waals surface area (Å²) >= 11 is 5.90. The van der Waals surface area contributed by atoms with Gasteiger partial charge in [0.05, 0.1) is 18.2 Å². The smallest absolute Gasteiger partial charge is 0.257 e. The van der Waals surface area contributed by atoms with Crippen molar-refractivity contribution in [1.82, 2.24) is 14.8 Å². The van der Waals surface area contributed by atoms with Crippen molar-refractivity contribution >= 4 is 28.6 Å². The minimum absolute atomic E-state index is 0.0339. The molecule has 1 aromatic carbocycles. The molecule has 34 heavy (non-hydrogen) atoms. The normalized spacial score (nSPS) is 13.4. The second-order valence-electron chi connectivity index (χ2n) is 8.25. The molecule has 0 saturated heterocycles. The summed E-state index contributed by atoms with van der Waals surface area (Å²) in [6.07, 6.45) is 3.00. The molecule has 1 amide bonds. The summed E-state index contributed by atoms with van der Waals surface area (Å²) in [5, 5.41) is 14.6. The highest BCUT2D eigenvalue weighted by atomic mass is 35.5. The molecule has 0 aliphatic rings. The maximum Gasteiger partial charge on any atom is 0.257 e. The van der Waals surface area contributed by atoms with E-state index in [1.807, 2.05) is 19.1 Å². The molecule has 0 saturated carbocycles. The van der Waals surface area contributed by atoms with Crippen LogP contribution in [-0.4, -0.2) is 27.5 Å². The van der Waals surface area contributed by atoms with Crippen LogP contribution in [0.4, 0.5) is 0 Å². The van der Waals surface area contributed by atoms with Crippen LogP contribution < -0.4 is 10.7 Å². The number of hydrogen-bond acceptors (Lipinski definition) is 6. The van der Waals surface area contributed by atoms with E-state index in [1.165, 1.54) is 12.5 Å². The Morgan fingerprint density at radius 1 is 1.26 bits per heavy atom. The third-order valence-electron chi connectivity index (χ3n) is 5.87. The maximum atomic E-state index is 13.1. The zero-order chi connectivity index (χ0) is 24.5. The summed E-state index contributed by atoms with van der Waals surface area (Å²) in [5.74, 6) is 0.394. The SMILES string of the molecule is CCn1cc(C(=O)NCc2ccc(Cl)cc2)c(=O)c2cc(CN(C)C(C)(O)c3ccco3)oc21. The Morgan fingerprint density at radius 3 is 2.65 bits per heavy atom. The van der Waals surface area contributed by atoms with Crippen molar-refractivity contribution in [2.45, 2.75) is 39.2 Å². The lowest BCUT2D eigenvalue weighted by molar-refractivity contribution is -0.108. The molecule has 3 aromatic heterocycles. The second-order valence-corrected chi connectivity index (χ2v) is 8.69. The van der Waals surface area contributed by atoms with Gasteiger partial charge in [-0.2, -0.15) is 0 Å². The third kappa shape index (κ3) is 4.65. The zero-order valence-corrected chi connectivity index (χ0v) is 19.9. The molecule has 0 aliphatic carbocycles. The number of nitrogens with zero attached hydrogens (tertiary/aromatic N) is 2. The highest BCUT2D eigenvalue weighted by Crippen LogP contribution is 2.27. The number of benzene rings is 1. The van der Waals surface area contributed by atoms with Crippen LogP contribution in [0.5, 0.6) is 0 Å². The molecule has 0 fully saturated rings. The minimum atomic E-state index is -1.38. The van der Waals surface area contributed by atoms with Gasteiger partial charge in [-0.3, -0.25) is 14.5 Å². The fraction of sp³-hybridized carbons (Fsp3) is 0.280. The van der Waals surface area contributed by atoms with Gasteiger partial charge in [-0.1, -0.05) is 23.7 Å². The number of pyridine rings is 1. The minimum Gasteiger partial charge on any atom is -0.465 e. The molecule has 3 heterocycles. The molecule has 4 rings (SSSR count). The zero-order valence-electron chi connectivity index (χ0n) is 19.2. The van der Waals surface area contributed by atoms with Gasteiger partial charge in [-0.05, 0) is 56.8 Å². The predicted molar refractivity (Wildman–Crippen MR) is 129 cm³/mol. The van der Waals surface area contributed by atoms with Gasteiger partial charge in [-0.25, -0.2) is 0 Å². The van der Waals surface area contributed by atoms with Gasteiger partial charge in [0.25, 0.3) is 5.91 Å². The molecule has 4 aromatic rings. The Bertz CT molecular complexity index is 1350. The monoisotopic (exact) mass is 483 g/mol. The maximum absolute atomic E-state index is 13.1. The molecule has 8 nitrogen and oxygen atoms in total. The van der Waals surface area contributed by atoms with Crippen molar-refractivity contribution in [3.05, 3.63) is 92.8 Å². The third-order valence-corrected chi connectivity index (χ3v) is 6.13. The standard InChI is InChI=1S/C25H26ClN3O5/c1-4-29-15-20(23(31)27-13-16-7-9-17(26)10-8-16)22(30)19-12-18(34-24(19)29)14-28(3)25(2,32)21-6-5-11-33-21/h5-12,15,32H,4,13-14H2,1-3H3,(H,27,31). The van der Waals surface area contributed by atoms with Crippen LogP contribution in [0.3, 0.4) is 0 Å². The lowest BCUT2D eigenvalue weighted by atomic mass is 10.1. The number of carbonyl (C=O) groups excluding carboxylic acids is 1. The Hall–Kier alpha value is -3.33. The van der Waals surface area contributed by atoms with Crippen molar-refractivity contribution in [2.75, 3.05) is 7.05 Å². The van der Waals surface area contributed by atoms with E-state index in [0.29, 0.717) is 34.2 Å². The van der Waals surface area contributed by atoms with E-state index in [-0.39, 0.29) is 18.7 Å². The molecule has 0 radical (unpaired) electrons. The first kappa shape index (κ1) is 23.8. The van der Waals surface area contributed by atoms with E-state index in [4.69, 9.17) is 20.4 Å². The number of rotatable bonds is 8. The molecular formula is C25H26ClN3O5. The highest BCUT2D eigenvalue weighted by molar-refractivity contribution is 6.30. The fourth-order valence-corrected chi connectivity index (χ4v) is 3.83. The molecule has 0 bridgehead atoms. The fourth-order valence-electron chi connectivity index (χ4n) is 3.70. The van der Waals surface area contributed by atoms with Crippen molar-refractivity contribution in [1.29, 1.82) is 0 Å². The molecule has 2 N–H and O–H groups in total. The molecule has 0 aliphatic heterocycles. The van der Waals surface area contributed by atoms with Gasteiger partial charge >= 0.3 is 0 Å². The van der Waals surface area contributed by atoms with Gasteiger partial charge in [0.15, 0.2) is 5.72 Å². The van der Waals surface area contributed by atoms with E-state index in [9.17, 15) is 14.7 Å². The van der Waals surface area contributed by atoms with Crippen LogP contribution in [0.15, 0.2) is 68.6 Å². The molecular weight excluding hydrogens is 458 g/mol. The van der Waals surface area contributed by atoms with E-state index < -0.39 is 17.1 Å². The van der Waals surface area contributed by atoms with Gasteiger partial charge in [0.1, 0.15) is 17.1 Å². The Kier molecular flexibility index (Phi) is 6.65. The predicted octanol–water partition coefficient (Wildman–Crippen LogP) is 4.09. The molecule has 1 atom stereocenters. The average Bonchev–Trinajstić information content (AvgIpc) is 3.50. The summed E-state index contributed by atoms with van der Waals surface area (Å²) in [6, 6.07) is 12.1. The number of amides is 1. The summed E-state index contributed by atoms with van der Waals surface area (Å²) in [5.41, 5.74) is -0.513. The van der Waals surface area contributed by atoms with Gasteiger partial charge in [-0.15, -0.1) is 0 Å². The quantitative estimate of drug-likeness (QED) is 0.366. The number of furan rings is 2. The number of carbonyl (C=O) groups is 1. The molecule has 178 valence electrons. The number of fused-ring (bicyclic) bond motifs is 1. The summed E-state index contributed by atoms with van der Waals surface area (Å²) < 4.78 is 13.0. The Labute approximate surface area is 201 Å². The van der Waals surface area contributed by atoms with Crippen molar-refractivity contribution in [3.63, 3.8) is 0 Å². The van der Waals surface area contributed by atoms with Crippen LogP contribution in [-0.2, 0) is 25.4 Å². The van der Waals surface area contributed by atoms with Crippen LogP contribution in [0.25, 0.3) is 11.1 Å². The van der Waals surface area contributed by atoms with Crippen molar-refractivity contribution < 1.29 is 18.7 Å². The lowest BCUT2D eigenvalue weighted by Crippen LogP contribution is -2.40. The van der Waals surface area contributed by atoms with Crippen LogP contribution in [0.2, 0.25) is 5.02 Å². The van der Waals surface area contributed by atoms with Crippen LogP contribution in [0, 0.1) is 0 Å². The summed E-state index contributed by atoms with van der Waals surface area (Å²) in [7, 11) is 1.72.